The van der Waals surface area contributed by atoms with E-state index in [0.717, 1.165) is 0 Å². The highest BCUT2D eigenvalue weighted by Gasteiger charge is 2.27. The van der Waals surface area contributed by atoms with E-state index in [1.54, 1.807) is 12.1 Å². The van der Waals surface area contributed by atoms with Crippen LogP contribution in [-0.2, 0) is 16.6 Å². The highest BCUT2D eigenvalue weighted by atomic mass is 32.2. The van der Waals surface area contributed by atoms with Gasteiger partial charge in [0.05, 0.1) is 13.7 Å². The van der Waals surface area contributed by atoms with Gasteiger partial charge in [-0.3, -0.25) is 0 Å². The van der Waals surface area contributed by atoms with E-state index in [1.165, 1.54) is 17.5 Å². The zero-order valence-electron chi connectivity index (χ0n) is 12.5. The normalized spacial score (nSPS) is 12.2. The Balaban J connectivity index is 3.26. The Kier molecular flexibility index (Phi) is 5.98. The molecule has 0 saturated carbocycles. The van der Waals surface area contributed by atoms with E-state index in [0.29, 0.717) is 18.7 Å². The van der Waals surface area contributed by atoms with Crippen LogP contribution in [0.1, 0.15) is 26.3 Å². The molecule has 0 spiro atoms. The molecule has 0 fully saturated rings. The van der Waals surface area contributed by atoms with Crippen LogP contribution in [0.4, 0.5) is 0 Å². The van der Waals surface area contributed by atoms with Crippen molar-refractivity contribution in [3.05, 3.63) is 23.8 Å². The van der Waals surface area contributed by atoms with Gasteiger partial charge in [-0.1, -0.05) is 26.8 Å². The summed E-state index contributed by atoms with van der Waals surface area (Å²) in [5.74, 6) is 0.506. The smallest absolute Gasteiger partial charge is 0.246 e. The molecule has 0 aromatic heterocycles. The lowest BCUT2D eigenvalue weighted by molar-refractivity contribution is 0.280. The molecule has 1 aromatic rings. The van der Waals surface area contributed by atoms with Crippen molar-refractivity contribution in [2.75, 3.05) is 20.2 Å². The Morgan fingerprint density at radius 3 is 2.45 bits per heavy atom. The molecule has 1 rings (SSSR count). The summed E-state index contributed by atoms with van der Waals surface area (Å²) in [6.45, 7) is 6.48. The van der Waals surface area contributed by atoms with E-state index >= 15 is 0 Å². The summed E-state index contributed by atoms with van der Waals surface area (Å²) in [5, 5.41) is 9.11. The first-order valence-electron chi connectivity index (χ1n) is 6.64. The van der Waals surface area contributed by atoms with Crippen LogP contribution < -0.4 is 4.74 Å². The van der Waals surface area contributed by atoms with Gasteiger partial charge >= 0.3 is 0 Å². The standard InChI is InChI=1S/C14H23NO4S/c1-5-15(9-11(2)3)20(17,18)14-7-6-12(10-16)8-13(14)19-4/h6-8,11,16H,5,9-10H2,1-4H3. The van der Waals surface area contributed by atoms with Crippen molar-refractivity contribution in [1.82, 2.24) is 4.31 Å². The predicted octanol–water partition coefficient (Wildman–Crippen LogP) is 1.85. The van der Waals surface area contributed by atoms with E-state index in [9.17, 15) is 8.42 Å². The molecule has 0 aliphatic heterocycles. The first-order chi connectivity index (χ1) is 9.36. The fourth-order valence-corrected chi connectivity index (χ4v) is 3.72. The second kappa shape index (κ2) is 7.06. The number of rotatable bonds is 7. The minimum Gasteiger partial charge on any atom is -0.495 e. The molecule has 0 atom stereocenters. The SMILES string of the molecule is CCN(CC(C)C)S(=O)(=O)c1ccc(CO)cc1OC. The Hall–Kier alpha value is -1.11. The van der Waals surface area contributed by atoms with Crippen LogP contribution in [0.5, 0.6) is 5.75 Å². The minimum absolute atomic E-state index is 0.139. The molecule has 0 heterocycles. The van der Waals surface area contributed by atoms with Crippen molar-refractivity contribution in [2.45, 2.75) is 32.3 Å². The van der Waals surface area contributed by atoms with Gasteiger partial charge < -0.3 is 9.84 Å². The first-order valence-corrected chi connectivity index (χ1v) is 8.08. The quantitative estimate of drug-likeness (QED) is 0.834. The van der Waals surface area contributed by atoms with E-state index in [-0.39, 0.29) is 23.2 Å². The zero-order valence-corrected chi connectivity index (χ0v) is 13.3. The largest absolute Gasteiger partial charge is 0.495 e. The summed E-state index contributed by atoms with van der Waals surface area (Å²) in [4.78, 5) is 0.139. The number of hydrogen-bond donors (Lipinski definition) is 1. The van der Waals surface area contributed by atoms with Crippen molar-refractivity contribution in [3.63, 3.8) is 0 Å². The molecule has 6 heteroatoms. The van der Waals surface area contributed by atoms with Crippen molar-refractivity contribution < 1.29 is 18.3 Å². The Morgan fingerprint density at radius 2 is 2.00 bits per heavy atom. The topological polar surface area (TPSA) is 66.8 Å². The van der Waals surface area contributed by atoms with Gasteiger partial charge in [-0.2, -0.15) is 4.31 Å². The molecule has 0 saturated heterocycles. The molecule has 20 heavy (non-hydrogen) atoms. The Labute approximate surface area is 121 Å². The first kappa shape index (κ1) is 16.9. The van der Waals surface area contributed by atoms with Crippen molar-refractivity contribution in [3.8, 4) is 5.75 Å². The van der Waals surface area contributed by atoms with Crippen molar-refractivity contribution in [2.24, 2.45) is 5.92 Å². The van der Waals surface area contributed by atoms with Crippen LogP contribution in [0.2, 0.25) is 0 Å². The van der Waals surface area contributed by atoms with Gasteiger partial charge in [-0.05, 0) is 23.6 Å². The number of nitrogens with zero attached hydrogens (tertiary/aromatic N) is 1. The lowest BCUT2D eigenvalue weighted by Gasteiger charge is -2.23. The number of benzene rings is 1. The molecular formula is C14H23NO4S. The summed E-state index contributed by atoms with van der Waals surface area (Å²) in [6, 6.07) is 4.64. The van der Waals surface area contributed by atoms with Gasteiger partial charge in [0.2, 0.25) is 10.0 Å². The van der Waals surface area contributed by atoms with Gasteiger partial charge in [0.1, 0.15) is 10.6 Å². The summed E-state index contributed by atoms with van der Waals surface area (Å²) in [6.07, 6.45) is 0. The van der Waals surface area contributed by atoms with Crippen molar-refractivity contribution >= 4 is 10.0 Å². The van der Waals surface area contributed by atoms with Crippen LogP contribution in [-0.4, -0.2) is 38.0 Å². The van der Waals surface area contributed by atoms with E-state index < -0.39 is 10.0 Å². The van der Waals surface area contributed by atoms with Gasteiger partial charge in [-0.15, -0.1) is 0 Å². The van der Waals surface area contributed by atoms with E-state index in [1.807, 2.05) is 20.8 Å². The molecular weight excluding hydrogens is 278 g/mol. The van der Waals surface area contributed by atoms with E-state index in [2.05, 4.69) is 0 Å². The summed E-state index contributed by atoms with van der Waals surface area (Å²) >= 11 is 0. The Bertz CT molecular complexity index is 540. The summed E-state index contributed by atoms with van der Waals surface area (Å²) < 4.78 is 31.9. The van der Waals surface area contributed by atoms with Gasteiger partial charge in [0.25, 0.3) is 0 Å². The Morgan fingerprint density at radius 1 is 1.35 bits per heavy atom. The van der Waals surface area contributed by atoms with Gasteiger partial charge in [0, 0.05) is 13.1 Å². The van der Waals surface area contributed by atoms with Gasteiger partial charge in [-0.25, -0.2) is 8.42 Å². The molecule has 0 bridgehead atoms. The monoisotopic (exact) mass is 301 g/mol. The number of hydrogen-bond acceptors (Lipinski definition) is 4. The lowest BCUT2D eigenvalue weighted by Crippen LogP contribution is -2.34. The molecule has 1 N–H and O–H groups in total. The zero-order chi connectivity index (χ0) is 15.3. The molecule has 0 radical (unpaired) electrons. The third-order valence-electron chi connectivity index (χ3n) is 2.95. The van der Waals surface area contributed by atoms with Crippen molar-refractivity contribution in [1.29, 1.82) is 0 Å². The number of aliphatic hydroxyl groups excluding tert-OH is 1. The highest BCUT2D eigenvalue weighted by Crippen LogP contribution is 2.28. The fraction of sp³-hybridized carbons (Fsp3) is 0.571. The number of methoxy groups -OCH3 is 1. The molecule has 114 valence electrons. The van der Waals surface area contributed by atoms with Gasteiger partial charge in [0.15, 0.2) is 0 Å². The molecule has 0 aliphatic rings. The number of sulfonamides is 1. The third kappa shape index (κ3) is 3.71. The average molecular weight is 301 g/mol. The van der Waals surface area contributed by atoms with Crippen LogP contribution in [0.25, 0.3) is 0 Å². The highest BCUT2D eigenvalue weighted by molar-refractivity contribution is 7.89. The van der Waals surface area contributed by atoms with Crippen LogP contribution in [0.3, 0.4) is 0 Å². The summed E-state index contributed by atoms with van der Waals surface area (Å²) in [7, 11) is -2.16. The van der Waals surface area contributed by atoms with Crippen LogP contribution >= 0.6 is 0 Å². The molecule has 1 aromatic carbocycles. The number of aliphatic hydroxyl groups is 1. The lowest BCUT2D eigenvalue weighted by atomic mass is 10.2. The predicted molar refractivity (Wildman–Crippen MR) is 78.2 cm³/mol. The maximum atomic E-state index is 12.7. The molecule has 5 nitrogen and oxygen atoms in total. The number of ether oxygens (including phenoxy) is 1. The second-order valence-electron chi connectivity index (χ2n) is 4.99. The van der Waals surface area contributed by atoms with Crippen LogP contribution in [0, 0.1) is 5.92 Å². The van der Waals surface area contributed by atoms with E-state index in [4.69, 9.17) is 9.84 Å². The third-order valence-corrected chi connectivity index (χ3v) is 4.93. The fourth-order valence-electron chi connectivity index (χ4n) is 1.97. The average Bonchev–Trinajstić information content (AvgIpc) is 2.43. The summed E-state index contributed by atoms with van der Waals surface area (Å²) in [5.41, 5.74) is 0.618. The molecule has 0 aliphatic carbocycles. The minimum atomic E-state index is -3.59. The second-order valence-corrected chi connectivity index (χ2v) is 6.90. The molecule has 0 unspecified atom stereocenters. The molecule has 0 amide bonds. The van der Waals surface area contributed by atoms with Crippen LogP contribution in [0.15, 0.2) is 23.1 Å². The maximum Gasteiger partial charge on any atom is 0.246 e. The maximum absolute atomic E-state index is 12.7.